The van der Waals surface area contributed by atoms with Crippen molar-refractivity contribution < 1.29 is 4.79 Å². The molecule has 0 radical (unpaired) electrons. The average Bonchev–Trinajstić information content (AvgIpc) is 2.48. The van der Waals surface area contributed by atoms with Gasteiger partial charge in [0, 0.05) is 12.0 Å². The molecule has 2 nitrogen and oxygen atoms in total. The molecule has 1 saturated heterocycles. The normalized spacial score (nSPS) is 20.0. The quantitative estimate of drug-likeness (QED) is 0.843. The molecular weight excluding hydrogens is 234 g/mol. The molecule has 1 aromatic carbocycles. The fourth-order valence-corrected chi connectivity index (χ4v) is 3.37. The lowest BCUT2D eigenvalue weighted by atomic mass is 9.87. The van der Waals surface area contributed by atoms with Gasteiger partial charge >= 0.3 is 0 Å². The SMILES string of the molecule is O=C(CC1CCNCC1)c1ccc2c(c1)CCCC2. The number of hydrogen-bond donors (Lipinski definition) is 1. The van der Waals surface area contributed by atoms with E-state index in [2.05, 4.69) is 17.4 Å². The van der Waals surface area contributed by atoms with Crippen LogP contribution in [-0.2, 0) is 12.8 Å². The molecule has 0 spiro atoms. The summed E-state index contributed by atoms with van der Waals surface area (Å²) in [5.74, 6) is 0.935. The van der Waals surface area contributed by atoms with E-state index in [4.69, 9.17) is 0 Å². The highest BCUT2D eigenvalue weighted by Gasteiger charge is 2.19. The smallest absolute Gasteiger partial charge is 0.163 e. The molecule has 1 heterocycles. The Morgan fingerprint density at radius 2 is 1.84 bits per heavy atom. The van der Waals surface area contributed by atoms with Crippen molar-refractivity contribution in [3.05, 3.63) is 34.9 Å². The predicted molar refractivity (Wildman–Crippen MR) is 77.6 cm³/mol. The highest BCUT2D eigenvalue weighted by atomic mass is 16.1. The highest BCUT2D eigenvalue weighted by molar-refractivity contribution is 5.96. The van der Waals surface area contributed by atoms with Crippen molar-refractivity contribution in [1.29, 1.82) is 0 Å². The Morgan fingerprint density at radius 1 is 1.11 bits per heavy atom. The topological polar surface area (TPSA) is 29.1 Å². The van der Waals surface area contributed by atoms with Crippen LogP contribution < -0.4 is 5.32 Å². The third-order valence-electron chi connectivity index (χ3n) is 4.60. The summed E-state index contributed by atoms with van der Waals surface area (Å²) in [4.78, 5) is 12.4. The minimum absolute atomic E-state index is 0.347. The molecule has 1 fully saturated rings. The lowest BCUT2D eigenvalue weighted by Crippen LogP contribution is -2.28. The maximum absolute atomic E-state index is 12.4. The largest absolute Gasteiger partial charge is 0.317 e. The molecule has 19 heavy (non-hydrogen) atoms. The van der Waals surface area contributed by atoms with Crippen molar-refractivity contribution in [1.82, 2.24) is 5.32 Å². The van der Waals surface area contributed by atoms with E-state index in [0.29, 0.717) is 11.7 Å². The van der Waals surface area contributed by atoms with Crippen LogP contribution in [0.5, 0.6) is 0 Å². The summed E-state index contributed by atoms with van der Waals surface area (Å²) in [7, 11) is 0. The third-order valence-corrected chi connectivity index (χ3v) is 4.60. The average molecular weight is 257 g/mol. The summed E-state index contributed by atoms with van der Waals surface area (Å²) >= 11 is 0. The number of carbonyl (C=O) groups excluding carboxylic acids is 1. The molecule has 0 saturated carbocycles. The number of carbonyl (C=O) groups is 1. The first-order chi connectivity index (χ1) is 9.33. The van der Waals surface area contributed by atoms with E-state index in [1.165, 1.54) is 30.4 Å². The summed E-state index contributed by atoms with van der Waals surface area (Å²) in [6, 6.07) is 6.40. The fourth-order valence-electron chi connectivity index (χ4n) is 3.37. The van der Waals surface area contributed by atoms with Crippen LogP contribution >= 0.6 is 0 Å². The van der Waals surface area contributed by atoms with Gasteiger partial charge in [0.25, 0.3) is 0 Å². The Hall–Kier alpha value is -1.15. The molecule has 0 atom stereocenters. The minimum Gasteiger partial charge on any atom is -0.317 e. The molecule has 0 unspecified atom stereocenters. The first-order valence-electron chi connectivity index (χ1n) is 7.68. The van der Waals surface area contributed by atoms with Gasteiger partial charge in [-0.05, 0) is 74.7 Å². The first-order valence-corrected chi connectivity index (χ1v) is 7.68. The van der Waals surface area contributed by atoms with E-state index in [0.717, 1.165) is 44.3 Å². The molecule has 0 bridgehead atoms. The van der Waals surface area contributed by atoms with Crippen molar-refractivity contribution in [2.24, 2.45) is 5.92 Å². The summed E-state index contributed by atoms with van der Waals surface area (Å²) in [6.07, 6.45) is 7.96. The van der Waals surface area contributed by atoms with Gasteiger partial charge < -0.3 is 5.32 Å². The highest BCUT2D eigenvalue weighted by Crippen LogP contribution is 2.24. The van der Waals surface area contributed by atoms with Crippen LogP contribution in [-0.4, -0.2) is 18.9 Å². The molecule has 1 aromatic rings. The molecule has 1 N–H and O–H groups in total. The van der Waals surface area contributed by atoms with Gasteiger partial charge in [-0.1, -0.05) is 12.1 Å². The van der Waals surface area contributed by atoms with E-state index < -0.39 is 0 Å². The molecule has 3 rings (SSSR count). The van der Waals surface area contributed by atoms with Gasteiger partial charge in [-0.2, -0.15) is 0 Å². The second-order valence-electron chi connectivity index (χ2n) is 6.01. The number of rotatable bonds is 3. The summed E-state index contributed by atoms with van der Waals surface area (Å²) in [5.41, 5.74) is 3.83. The molecule has 2 aliphatic rings. The molecule has 1 aliphatic carbocycles. The maximum Gasteiger partial charge on any atom is 0.163 e. The van der Waals surface area contributed by atoms with Crippen LogP contribution in [0.1, 0.15) is 53.6 Å². The maximum atomic E-state index is 12.4. The van der Waals surface area contributed by atoms with E-state index >= 15 is 0 Å². The summed E-state index contributed by atoms with van der Waals surface area (Å²) < 4.78 is 0. The Bertz CT molecular complexity index is 460. The number of piperidine rings is 1. The van der Waals surface area contributed by atoms with Crippen LogP contribution in [0.4, 0.5) is 0 Å². The van der Waals surface area contributed by atoms with Gasteiger partial charge in [-0.3, -0.25) is 4.79 Å². The van der Waals surface area contributed by atoms with Crippen molar-refractivity contribution in [3.8, 4) is 0 Å². The molecule has 0 amide bonds. The van der Waals surface area contributed by atoms with E-state index in [-0.39, 0.29) is 0 Å². The Kier molecular flexibility index (Phi) is 3.97. The summed E-state index contributed by atoms with van der Waals surface area (Å²) in [6.45, 7) is 2.14. The van der Waals surface area contributed by atoms with Crippen LogP contribution in [0, 0.1) is 5.92 Å². The fraction of sp³-hybridized carbons (Fsp3) is 0.588. The Morgan fingerprint density at radius 3 is 2.63 bits per heavy atom. The number of hydrogen-bond acceptors (Lipinski definition) is 2. The number of benzene rings is 1. The van der Waals surface area contributed by atoms with Crippen molar-refractivity contribution in [2.45, 2.75) is 44.9 Å². The number of ketones is 1. The van der Waals surface area contributed by atoms with Crippen molar-refractivity contribution in [3.63, 3.8) is 0 Å². The van der Waals surface area contributed by atoms with Gasteiger partial charge in [-0.15, -0.1) is 0 Å². The van der Waals surface area contributed by atoms with Gasteiger partial charge in [-0.25, -0.2) is 0 Å². The first kappa shape index (κ1) is 12.9. The van der Waals surface area contributed by atoms with E-state index in [1.807, 2.05) is 6.07 Å². The zero-order valence-electron chi connectivity index (χ0n) is 11.6. The Balaban J connectivity index is 1.69. The van der Waals surface area contributed by atoms with Gasteiger partial charge in [0.1, 0.15) is 0 Å². The number of aryl methyl sites for hydroxylation is 2. The predicted octanol–water partition coefficient (Wildman–Crippen LogP) is 3.14. The Labute approximate surface area is 115 Å². The number of fused-ring (bicyclic) bond motifs is 1. The lowest BCUT2D eigenvalue weighted by Gasteiger charge is -2.22. The monoisotopic (exact) mass is 257 g/mol. The zero-order chi connectivity index (χ0) is 13.1. The molecule has 1 aliphatic heterocycles. The van der Waals surface area contributed by atoms with Crippen LogP contribution in [0.2, 0.25) is 0 Å². The van der Waals surface area contributed by atoms with Gasteiger partial charge in [0.15, 0.2) is 5.78 Å². The van der Waals surface area contributed by atoms with Crippen molar-refractivity contribution >= 4 is 5.78 Å². The number of Topliss-reactive ketones (excluding diaryl/α,β-unsaturated/α-hetero) is 1. The third kappa shape index (κ3) is 3.06. The standard InChI is InChI=1S/C17H23NO/c19-17(11-13-7-9-18-10-8-13)16-6-5-14-3-1-2-4-15(14)12-16/h5-6,12-13,18H,1-4,7-11H2. The van der Waals surface area contributed by atoms with Crippen LogP contribution in [0.3, 0.4) is 0 Å². The van der Waals surface area contributed by atoms with E-state index in [1.54, 1.807) is 0 Å². The zero-order valence-corrected chi connectivity index (χ0v) is 11.6. The van der Waals surface area contributed by atoms with E-state index in [9.17, 15) is 4.79 Å². The molecule has 2 heteroatoms. The van der Waals surface area contributed by atoms with Crippen LogP contribution in [0.25, 0.3) is 0 Å². The summed E-state index contributed by atoms with van der Waals surface area (Å²) in [5, 5.41) is 3.36. The lowest BCUT2D eigenvalue weighted by molar-refractivity contribution is 0.0952. The van der Waals surface area contributed by atoms with Gasteiger partial charge in [0.05, 0.1) is 0 Å². The molecular formula is C17H23NO. The minimum atomic E-state index is 0.347. The second kappa shape index (κ2) is 5.87. The number of nitrogens with one attached hydrogen (secondary N) is 1. The molecule has 0 aromatic heterocycles. The van der Waals surface area contributed by atoms with Crippen LogP contribution in [0.15, 0.2) is 18.2 Å². The second-order valence-corrected chi connectivity index (χ2v) is 6.01. The van der Waals surface area contributed by atoms with Crippen molar-refractivity contribution in [2.75, 3.05) is 13.1 Å². The van der Waals surface area contributed by atoms with Gasteiger partial charge in [0.2, 0.25) is 0 Å². The molecule has 102 valence electrons.